The molecule has 0 atom stereocenters. The van der Waals surface area contributed by atoms with Gasteiger partial charge in [0.1, 0.15) is 0 Å². The van der Waals surface area contributed by atoms with E-state index in [-0.39, 0.29) is 5.82 Å². The predicted molar refractivity (Wildman–Crippen MR) is 35.8 cm³/mol. The lowest BCUT2D eigenvalue weighted by Gasteiger charge is -2.18. The second kappa shape index (κ2) is 1.72. The van der Waals surface area contributed by atoms with Crippen molar-refractivity contribution in [3.63, 3.8) is 0 Å². The Kier molecular flexibility index (Phi) is 0.982. The first-order chi connectivity index (χ1) is 4.81. The monoisotopic (exact) mass is 138 g/mol. The first-order valence-electron chi connectivity index (χ1n) is 3.16. The molecule has 0 unspecified atom stereocenters. The Hall–Kier alpha value is -1.05. The van der Waals surface area contributed by atoms with Crippen LogP contribution < -0.4 is 4.74 Å². The first kappa shape index (κ1) is 5.71. The first-order valence-corrected chi connectivity index (χ1v) is 3.16. The van der Waals surface area contributed by atoms with Crippen molar-refractivity contribution >= 4 is 0 Å². The van der Waals surface area contributed by atoms with E-state index in [2.05, 4.69) is 0 Å². The summed E-state index contributed by atoms with van der Waals surface area (Å²) in [6.45, 7) is 0. The van der Waals surface area contributed by atoms with Crippen LogP contribution in [-0.2, 0) is 6.42 Å². The second-order valence-electron chi connectivity index (χ2n) is 2.45. The van der Waals surface area contributed by atoms with Crippen LogP contribution >= 0.6 is 0 Å². The Bertz CT molecular complexity index is 277. The minimum atomic E-state index is -0.235. The molecule has 1 aromatic rings. The molecule has 2 bridgehead atoms. The molecule has 2 aliphatic carbocycles. The summed E-state index contributed by atoms with van der Waals surface area (Å²) < 4.78 is 17.6. The number of hydrogen-bond acceptors (Lipinski definition) is 1. The number of benzene rings is 1. The molecule has 3 rings (SSSR count). The zero-order valence-corrected chi connectivity index (χ0v) is 5.65. The zero-order chi connectivity index (χ0) is 7.14. The fraction of sp³-hybridized carbons (Fsp3) is 0.250. The van der Waals surface area contributed by atoms with Crippen LogP contribution in [0.1, 0.15) is 11.1 Å². The molecule has 52 valence electrons. The predicted octanol–water partition coefficient (Wildman–Crippen LogP) is 1.74. The van der Waals surface area contributed by atoms with Gasteiger partial charge in [-0.3, -0.25) is 0 Å². The van der Waals surface area contributed by atoms with Crippen molar-refractivity contribution in [1.82, 2.24) is 0 Å². The van der Waals surface area contributed by atoms with E-state index >= 15 is 0 Å². The minimum absolute atomic E-state index is 0.235. The van der Waals surface area contributed by atoms with Crippen molar-refractivity contribution in [2.24, 2.45) is 0 Å². The van der Waals surface area contributed by atoms with Gasteiger partial charge < -0.3 is 4.74 Å². The Morgan fingerprint density at radius 3 is 2.60 bits per heavy atom. The normalized spacial score (nSPS) is 12.6. The minimum Gasteiger partial charge on any atom is -0.493 e. The fourth-order valence-electron chi connectivity index (χ4n) is 1.26. The van der Waals surface area contributed by atoms with Crippen LogP contribution in [0.4, 0.5) is 4.39 Å². The molecule has 0 aromatic heterocycles. The molecule has 0 saturated heterocycles. The van der Waals surface area contributed by atoms with Crippen molar-refractivity contribution < 1.29 is 9.13 Å². The number of ether oxygens (including phenoxy) is 1. The van der Waals surface area contributed by atoms with Crippen molar-refractivity contribution in [1.29, 1.82) is 0 Å². The van der Waals surface area contributed by atoms with Crippen molar-refractivity contribution in [3.05, 3.63) is 29.1 Å². The lowest BCUT2D eigenvalue weighted by molar-refractivity contribution is 0.378. The molecular weight excluding hydrogens is 131 g/mol. The van der Waals surface area contributed by atoms with Gasteiger partial charge in [0.15, 0.2) is 11.6 Å². The lowest BCUT2D eigenvalue weighted by Crippen LogP contribution is -2.06. The summed E-state index contributed by atoms with van der Waals surface area (Å²) in [5, 5.41) is 0. The highest BCUT2D eigenvalue weighted by atomic mass is 19.1. The number of rotatable bonds is 1. The number of methoxy groups -OCH3 is 1. The second-order valence-corrected chi connectivity index (χ2v) is 2.45. The molecule has 0 saturated carbocycles. The summed E-state index contributed by atoms with van der Waals surface area (Å²) in [5.74, 6) is 0.177. The van der Waals surface area contributed by atoms with Gasteiger partial charge in [-0.25, -0.2) is 4.39 Å². The van der Waals surface area contributed by atoms with Gasteiger partial charge in [-0.1, -0.05) is 6.07 Å². The van der Waals surface area contributed by atoms with E-state index in [0.717, 1.165) is 17.5 Å². The number of halogens is 1. The van der Waals surface area contributed by atoms with E-state index in [1.807, 2.05) is 6.07 Å². The Morgan fingerprint density at radius 2 is 2.20 bits per heavy atom. The van der Waals surface area contributed by atoms with Gasteiger partial charge in [0, 0.05) is 12.0 Å². The summed E-state index contributed by atoms with van der Waals surface area (Å²) in [4.78, 5) is 0. The summed E-state index contributed by atoms with van der Waals surface area (Å²) in [7, 11) is 1.49. The molecule has 0 heterocycles. The Morgan fingerprint density at radius 1 is 1.50 bits per heavy atom. The van der Waals surface area contributed by atoms with Gasteiger partial charge in [0.25, 0.3) is 0 Å². The zero-order valence-electron chi connectivity index (χ0n) is 5.65. The van der Waals surface area contributed by atoms with Crippen LogP contribution in [0.15, 0.2) is 12.1 Å². The fourth-order valence-corrected chi connectivity index (χ4v) is 1.26. The summed E-state index contributed by atoms with van der Waals surface area (Å²) in [6, 6.07) is 3.47. The van der Waals surface area contributed by atoms with Crippen LogP contribution in [0.25, 0.3) is 0 Å². The highest BCUT2D eigenvalue weighted by molar-refractivity contribution is 5.49. The highest BCUT2D eigenvalue weighted by Gasteiger charge is 2.18. The molecule has 2 aliphatic rings. The highest BCUT2D eigenvalue weighted by Crippen LogP contribution is 2.33. The Balaban J connectivity index is 2.58. The van der Waals surface area contributed by atoms with E-state index in [1.165, 1.54) is 13.2 Å². The van der Waals surface area contributed by atoms with Gasteiger partial charge in [0.05, 0.1) is 7.11 Å². The smallest absolute Gasteiger partial charge is 0.165 e. The molecule has 0 aliphatic heterocycles. The standard InChI is InChI=1S/C8H7FO/c1-10-8-6-2-5(3-6)4-7(8)9/h2,4H,3H2,1H3. The van der Waals surface area contributed by atoms with E-state index in [1.54, 1.807) is 0 Å². The number of hydrogen-bond donors (Lipinski definition) is 0. The summed E-state index contributed by atoms with van der Waals surface area (Å²) in [6.07, 6.45) is 0.872. The van der Waals surface area contributed by atoms with Gasteiger partial charge >= 0.3 is 0 Å². The third-order valence-corrected chi connectivity index (χ3v) is 1.78. The quantitative estimate of drug-likeness (QED) is 0.583. The van der Waals surface area contributed by atoms with E-state index in [4.69, 9.17) is 4.74 Å². The average molecular weight is 138 g/mol. The maximum absolute atomic E-state index is 12.8. The third kappa shape index (κ3) is 0.561. The molecule has 0 amide bonds. The molecule has 0 spiro atoms. The van der Waals surface area contributed by atoms with Gasteiger partial charge in [-0.2, -0.15) is 0 Å². The maximum atomic E-state index is 12.8. The van der Waals surface area contributed by atoms with Gasteiger partial charge in [0.2, 0.25) is 0 Å². The SMILES string of the molecule is COc1c(F)cc2cc1C2. The number of fused-ring (bicyclic) bond motifs is 2. The molecular formula is C8H7FO. The van der Waals surface area contributed by atoms with Crippen LogP contribution in [0.3, 0.4) is 0 Å². The van der Waals surface area contributed by atoms with Crippen LogP contribution in [0.2, 0.25) is 0 Å². The molecule has 0 N–H and O–H groups in total. The lowest BCUT2D eigenvalue weighted by atomic mass is 9.92. The summed E-state index contributed by atoms with van der Waals surface area (Å²) >= 11 is 0. The average Bonchev–Trinajstić information content (AvgIpc) is 1.85. The van der Waals surface area contributed by atoms with Gasteiger partial charge in [-0.05, 0) is 11.6 Å². The van der Waals surface area contributed by atoms with E-state index < -0.39 is 0 Å². The van der Waals surface area contributed by atoms with E-state index in [9.17, 15) is 4.39 Å². The molecule has 1 nitrogen and oxygen atoms in total. The van der Waals surface area contributed by atoms with Crippen LogP contribution in [0, 0.1) is 5.82 Å². The molecule has 10 heavy (non-hydrogen) atoms. The molecule has 0 radical (unpaired) electrons. The molecule has 1 aromatic carbocycles. The largest absolute Gasteiger partial charge is 0.493 e. The van der Waals surface area contributed by atoms with Crippen molar-refractivity contribution in [2.75, 3.05) is 7.11 Å². The molecule has 0 fully saturated rings. The Labute approximate surface area is 58.4 Å². The van der Waals surface area contributed by atoms with Crippen LogP contribution in [-0.4, -0.2) is 7.11 Å². The van der Waals surface area contributed by atoms with E-state index in [0.29, 0.717) is 5.75 Å². The third-order valence-electron chi connectivity index (χ3n) is 1.78. The van der Waals surface area contributed by atoms with Crippen molar-refractivity contribution in [3.8, 4) is 5.75 Å². The van der Waals surface area contributed by atoms with Gasteiger partial charge in [-0.15, -0.1) is 0 Å². The summed E-state index contributed by atoms with van der Waals surface area (Å²) in [5.41, 5.74) is 2.05. The topological polar surface area (TPSA) is 9.23 Å². The maximum Gasteiger partial charge on any atom is 0.165 e. The van der Waals surface area contributed by atoms with Crippen molar-refractivity contribution in [2.45, 2.75) is 6.42 Å². The van der Waals surface area contributed by atoms with Crippen LogP contribution in [0.5, 0.6) is 5.75 Å². The molecule has 2 heteroatoms.